The fourth-order valence-corrected chi connectivity index (χ4v) is 2.46. The molecule has 1 saturated heterocycles. The lowest BCUT2D eigenvalue weighted by Crippen LogP contribution is -2.37. The third kappa shape index (κ3) is 4.56. The number of piperidine rings is 1. The minimum atomic E-state index is -0.672. The van der Waals surface area contributed by atoms with Crippen molar-refractivity contribution in [1.29, 1.82) is 0 Å². The second-order valence-electron chi connectivity index (χ2n) is 5.20. The summed E-state index contributed by atoms with van der Waals surface area (Å²) in [6, 6.07) is 3.74. The van der Waals surface area contributed by atoms with Gasteiger partial charge in [-0.15, -0.1) is 0 Å². The van der Waals surface area contributed by atoms with Gasteiger partial charge in [0.2, 0.25) is 5.91 Å². The molecule has 0 radical (unpaired) electrons. The van der Waals surface area contributed by atoms with Crippen LogP contribution < -0.4 is 10.6 Å². The summed E-state index contributed by atoms with van der Waals surface area (Å²) in [7, 11) is 0. The van der Waals surface area contributed by atoms with Gasteiger partial charge < -0.3 is 10.6 Å². The quantitative estimate of drug-likeness (QED) is 0.869. The maximum Gasteiger partial charge on any atom is 0.224 e. The predicted octanol–water partition coefficient (Wildman–Crippen LogP) is 2.16. The van der Waals surface area contributed by atoms with Crippen LogP contribution in [0.3, 0.4) is 0 Å². The zero-order valence-electron chi connectivity index (χ0n) is 11.4. The van der Waals surface area contributed by atoms with Gasteiger partial charge in [0.25, 0.3) is 0 Å². The fraction of sp³-hybridized carbons (Fsp3) is 0.533. The van der Waals surface area contributed by atoms with Crippen LogP contribution >= 0.6 is 0 Å². The molecule has 2 rings (SSSR count). The van der Waals surface area contributed by atoms with E-state index in [0.717, 1.165) is 31.5 Å². The average Bonchev–Trinajstić information content (AvgIpc) is 2.43. The van der Waals surface area contributed by atoms with Crippen LogP contribution in [0.25, 0.3) is 0 Å². The molecule has 1 aliphatic rings. The Balaban J connectivity index is 1.72. The van der Waals surface area contributed by atoms with Crippen LogP contribution in [0.2, 0.25) is 0 Å². The molecule has 1 fully saturated rings. The molecular formula is C15H20F2N2O. The molecule has 5 heteroatoms. The van der Waals surface area contributed by atoms with Gasteiger partial charge in [0.05, 0.1) is 6.42 Å². The van der Waals surface area contributed by atoms with Crippen LogP contribution in [0.4, 0.5) is 8.78 Å². The smallest absolute Gasteiger partial charge is 0.224 e. The molecule has 0 saturated carbocycles. The Morgan fingerprint density at radius 3 is 2.90 bits per heavy atom. The lowest BCUT2D eigenvalue weighted by atomic mass is 10.0. The summed E-state index contributed by atoms with van der Waals surface area (Å²) >= 11 is 0. The van der Waals surface area contributed by atoms with Crippen molar-refractivity contribution in [1.82, 2.24) is 10.6 Å². The van der Waals surface area contributed by atoms with Crippen molar-refractivity contribution in [3.8, 4) is 0 Å². The highest BCUT2D eigenvalue weighted by Gasteiger charge is 2.13. The van der Waals surface area contributed by atoms with E-state index in [1.54, 1.807) is 0 Å². The van der Waals surface area contributed by atoms with Gasteiger partial charge in [-0.05, 0) is 37.4 Å². The van der Waals surface area contributed by atoms with E-state index in [2.05, 4.69) is 10.6 Å². The maximum absolute atomic E-state index is 13.4. The number of carbonyl (C=O) groups is 1. The second kappa shape index (κ2) is 7.33. The molecule has 0 bridgehead atoms. The molecule has 1 atom stereocenters. The molecule has 1 aliphatic heterocycles. The van der Waals surface area contributed by atoms with Crippen LogP contribution in [0.15, 0.2) is 18.2 Å². The Kier molecular flexibility index (Phi) is 5.47. The van der Waals surface area contributed by atoms with E-state index < -0.39 is 11.6 Å². The largest absolute Gasteiger partial charge is 0.356 e. The second-order valence-corrected chi connectivity index (χ2v) is 5.20. The lowest BCUT2D eigenvalue weighted by Gasteiger charge is -2.23. The fourth-order valence-electron chi connectivity index (χ4n) is 2.46. The number of nitrogens with one attached hydrogen (secondary N) is 2. The van der Waals surface area contributed by atoms with Gasteiger partial charge in [0.15, 0.2) is 0 Å². The zero-order valence-corrected chi connectivity index (χ0v) is 11.4. The SMILES string of the molecule is O=C(Cc1ccc(F)cc1F)NCCC1CCCCN1. The molecule has 0 aromatic heterocycles. The van der Waals surface area contributed by atoms with Crippen molar-refractivity contribution in [2.45, 2.75) is 38.1 Å². The first kappa shape index (κ1) is 14.9. The van der Waals surface area contributed by atoms with E-state index in [1.165, 1.54) is 18.9 Å². The van der Waals surface area contributed by atoms with E-state index in [1.807, 2.05) is 0 Å². The first-order valence-corrected chi connectivity index (χ1v) is 7.09. The summed E-state index contributed by atoms with van der Waals surface area (Å²) in [5.41, 5.74) is 0.222. The predicted molar refractivity (Wildman–Crippen MR) is 73.3 cm³/mol. The van der Waals surface area contributed by atoms with Crippen molar-refractivity contribution in [2.75, 3.05) is 13.1 Å². The number of hydrogen-bond acceptors (Lipinski definition) is 2. The molecule has 0 spiro atoms. The molecule has 1 amide bonds. The highest BCUT2D eigenvalue weighted by atomic mass is 19.1. The van der Waals surface area contributed by atoms with Crippen LogP contribution in [-0.2, 0) is 11.2 Å². The van der Waals surface area contributed by atoms with E-state index >= 15 is 0 Å². The van der Waals surface area contributed by atoms with Crippen LogP contribution in [0.1, 0.15) is 31.2 Å². The van der Waals surface area contributed by atoms with Gasteiger partial charge >= 0.3 is 0 Å². The number of rotatable bonds is 5. The standard InChI is InChI=1S/C15H20F2N2O/c16-12-5-4-11(14(17)10-12)9-15(20)19-8-6-13-3-1-2-7-18-13/h4-5,10,13,18H,1-3,6-9H2,(H,19,20). The van der Waals surface area contributed by atoms with Gasteiger partial charge in [-0.25, -0.2) is 8.78 Å². The van der Waals surface area contributed by atoms with E-state index in [-0.39, 0.29) is 17.9 Å². The van der Waals surface area contributed by atoms with Crippen molar-refractivity contribution < 1.29 is 13.6 Å². The summed E-state index contributed by atoms with van der Waals surface area (Å²) in [6.07, 6.45) is 4.42. The number of hydrogen-bond donors (Lipinski definition) is 2. The zero-order chi connectivity index (χ0) is 14.4. The summed E-state index contributed by atoms with van der Waals surface area (Å²) in [6.45, 7) is 1.62. The van der Waals surface area contributed by atoms with Gasteiger partial charge in [-0.2, -0.15) is 0 Å². The Hall–Kier alpha value is -1.49. The summed E-state index contributed by atoms with van der Waals surface area (Å²) < 4.78 is 26.1. The highest BCUT2D eigenvalue weighted by Crippen LogP contribution is 2.11. The van der Waals surface area contributed by atoms with Crippen LogP contribution in [0.5, 0.6) is 0 Å². The molecule has 0 aliphatic carbocycles. The van der Waals surface area contributed by atoms with Crippen molar-refractivity contribution >= 4 is 5.91 Å². The van der Waals surface area contributed by atoms with Gasteiger partial charge in [-0.3, -0.25) is 4.79 Å². The lowest BCUT2D eigenvalue weighted by molar-refractivity contribution is -0.120. The average molecular weight is 282 g/mol. The monoisotopic (exact) mass is 282 g/mol. The number of benzene rings is 1. The Morgan fingerprint density at radius 1 is 1.35 bits per heavy atom. The summed E-state index contributed by atoms with van der Waals surface area (Å²) in [4.78, 5) is 11.7. The molecule has 3 nitrogen and oxygen atoms in total. The topological polar surface area (TPSA) is 41.1 Å². The molecule has 2 N–H and O–H groups in total. The van der Waals surface area contributed by atoms with E-state index in [9.17, 15) is 13.6 Å². The third-order valence-corrected chi connectivity index (χ3v) is 3.59. The minimum Gasteiger partial charge on any atom is -0.356 e. The highest BCUT2D eigenvalue weighted by molar-refractivity contribution is 5.78. The molecule has 20 heavy (non-hydrogen) atoms. The number of amides is 1. The number of halogens is 2. The van der Waals surface area contributed by atoms with Gasteiger partial charge in [-0.1, -0.05) is 12.5 Å². The van der Waals surface area contributed by atoms with Crippen molar-refractivity contribution in [3.05, 3.63) is 35.4 Å². The summed E-state index contributed by atoms with van der Waals surface area (Å²) in [5, 5.41) is 6.19. The molecule has 1 unspecified atom stereocenters. The molecule has 1 heterocycles. The van der Waals surface area contributed by atoms with Crippen LogP contribution in [0, 0.1) is 11.6 Å². The van der Waals surface area contributed by atoms with Crippen molar-refractivity contribution in [2.24, 2.45) is 0 Å². The normalized spacial score (nSPS) is 18.8. The third-order valence-electron chi connectivity index (χ3n) is 3.59. The first-order chi connectivity index (χ1) is 9.65. The molecule has 1 aromatic rings. The molecule has 1 aromatic carbocycles. The van der Waals surface area contributed by atoms with Gasteiger partial charge in [0.1, 0.15) is 11.6 Å². The van der Waals surface area contributed by atoms with Gasteiger partial charge in [0, 0.05) is 18.7 Å². The Labute approximate surface area is 117 Å². The Bertz CT molecular complexity index is 459. The van der Waals surface area contributed by atoms with E-state index in [0.29, 0.717) is 12.6 Å². The number of carbonyl (C=O) groups excluding carboxylic acids is 1. The van der Waals surface area contributed by atoms with E-state index in [4.69, 9.17) is 0 Å². The maximum atomic E-state index is 13.4. The first-order valence-electron chi connectivity index (χ1n) is 7.09. The van der Waals surface area contributed by atoms with Crippen LogP contribution in [-0.4, -0.2) is 25.0 Å². The van der Waals surface area contributed by atoms with Crippen molar-refractivity contribution in [3.63, 3.8) is 0 Å². The Morgan fingerprint density at radius 2 is 2.20 bits per heavy atom. The molecular weight excluding hydrogens is 262 g/mol. The minimum absolute atomic E-state index is 0.0514. The molecule has 110 valence electrons. The summed E-state index contributed by atoms with van der Waals surface area (Å²) in [5.74, 6) is -1.53.